The number of nitrogens with one attached hydrogen (secondary N) is 1. The fourth-order valence-electron chi connectivity index (χ4n) is 9.15. The monoisotopic (exact) mass is 734 g/mol. The van der Waals surface area contributed by atoms with Gasteiger partial charge in [0.05, 0.1) is 22.8 Å². The van der Waals surface area contributed by atoms with E-state index in [1.54, 1.807) is 0 Å². The maximum absolute atomic E-state index is 5.43. The molecule has 7 aromatic carbocycles. The van der Waals surface area contributed by atoms with Crippen molar-refractivity contribution >= 4 is 69.8 Å². The summed E-state index contributed by atoms with van der Waals surface area (Å²) >= 11 is 1.88. The summed E-state index contributed by atoms with van der Waals surface area (Å²) in [4.78, 5) is 10.8. The molecule has 4 nitrogen and oxygen atoms in total. The number of anilines is 1. The van der Waals surface area contributed by atoms with Gasteiger partial charge < -0.3 is 5.32 Å². The van der Waals surface area contributed by atoms with Crippen LogP contribution in [0.3, 0.4) is 0 Å². The molecule has 0 radical (unpaired) electrons. The minimum atomic E-state index is 0.0725. The second-order valence-corrected chi connectivity index (χ2v) is 16.0. The number of hydrogen-bond acceptors (Lipinski definition) is 4. The van der Waals surface area contributed by atoms with Crippen molar-refractivity contribution in [3.8, 4) is 28.3 Å². The number of benzene rings is 7. The number of rotatable bonds is 4. The molecule has 264 valence electrons. The molecule has 2 atom stereocenters. The Labute approximate surface area is 327 Å². The molecule has 0 fully saturated rings. The Morgan fingerprint density at radius 2 is 1.46 bits per heavy atom. The van der Waals surface area contributed by atoms with Gasteiger partial charge >= 0.3 is 0 Å². The first-order valence-corrected chi connectivity index (χ1v) is 20.1. The van der Waals surface area contributed by atoms with Crippen LogP contribution in [0.1, 0.15) is 35.2 Å². The third-order valence-corrected chi connectivity index (χ3v) is 12.9. The molecule has 0 saturated carbocycles. The first-order valence-electron chi connectivity index (χ1n) is 19.3. The van der Waals surface area contributed by atoms with Crippen LogP contribution in [-0.4, -0.2) is 14.5 Å². The zero-order valence-corrected chi connectivity index (χ0v) is 31.2. The van der Waals surface area contributed by atoms with Gasteiger partial charge in [-0.3, -0.25) is 4.57 Å². The van der Waals surface area contributed by atoms with Gasteiger partial charge in [-0.2, -0.15) is 0 Å². The normalized spacial score (nSPS) is 16.1. The zero-order valence-electron chi connectivity index (χ0n) is 30.4. The lowest BCUT2D eigenvalue weighted by molar-refractivity contribution is 0.806. The molecule has 12 rings (SSSR count). The number of nitrogens with zero attached hydrogens (tertiary/aromatic N) is 3. The minimum absolute atomic E-state index is 0.0725. The van der Waals surface area contributed by atoms with Crippen molar-refractivity contribution in [1.29, 1.82) is 0 Å². The van der Waals surface area contributed by atoms with Gasteiger partial charge in [-0.25, -0.2) is 9.97 Å². The van der Waals surface area contributed by atoms with Crippen molar-refractivity contribution in [2.75, 3.05) is 5.32 Å². The number of aromatic nitrogens is 3. The van der Waals surface area contributed by atoms with E-state index in [0.717, 1.165) is 40.4 Å². The van der Waals surface area contributed by atoms with Crippen molar-refractivity contribution in [3.63, 3.8) is 0 Å². The molecule has 4 heterocycles. The van der Waals surface area contributed by atoms with E-state index in [-0.39, 0.29) is 12.0 Å². The Bertz CT molecular complexity index is 3280. The smallest absolute Gasteiger partial charge is 0.161 e. The summed E-state index contributed by atoms with van der Waals surface area (Å²) in [5.74, 6) is 1.79. The highest BCUT2D eigenvalue weighted by Gasteiger charge is 2.28. The first kappa shape index (κ1) is 31.5. The maximum Gasteiger partial charge on any atom is 0.161 e. The number of para-hydroxylation sites is 2. The fraction of sp³-hybridized carbons (Fsp3) is 0.0588. The summed E-state index contributed by atoms with van der Waals surface area (Å²) in [5.41, 5.74) is 10.6. The molecule has 0 saturated heterocycles. The number of fused-ring (bicyclic) bond motifs is 12. The minimum Gasteiger partial charge on any atom is -0.374 e. The van der Waals surface area contributed by atoms with Crippen molar-refractivity contribution < 1.29 is 0 Å². The largest absolute Gasteiger partial charge is 0.374 e. The highest BCUT2D eigenvalue weighted by atomic mass is 32.1. The van der Waals surface area contributed by atoms with E-state index >= 15 is 0 Å². The van der Waals surface area contributed by atoms with Crippen LogP contribution >= 0.6 is 11.3 Å². The molecule has 0 bridgehead atoms. The third-order valence-electron chi connectivity index (χ3n) is 11.8. The van der Waals surface area contributed by atoms with Crippen molar-refractivity contribution in [1.82, 2.24) is 14.5 Å². The molecule has 2 unspecified atom stereocenters. The van der Waals surface area contributed by atoms with Gasteiger partial charge in [-0.05, 0) is 52.6 Å². The number of thiophene rings is 1. The van der Waals surface area contributed by atoms with Crippen molar-refractivity contribution in [2.45, 2.75) is 18.4 Å². The van der Waals surface area contributed by atoms with Crippen molar-refractivity contribution in [2.24, 2.45) is 0 Å². The Hall–Kier alpha value is -6.82. The predicted octanol–water partition coefficient (Wildman–Crippen LogP) is 13.5. The van der Waals surface area contributed by atoms with Gasteiger partial charge in [0.25, 0.3) is 0 Å². The molecule has 1 aliphatic carbocycles. The lowest BCUT2D eigenvalue weighted by Gasteiger charge is -2.30. The molecule has 10 aromatic rings. The molecule has 2 aliphatic rings. The summed E-state index contributed by atoms with van der Waals surface area (Å²) in [7, 11) is 0. The van der Waals surface area contributed by atoms with Gasteiger partial charge in [0, 0.05) is 65.3 Å². The van der Waals surface area contributed by atoms with Gasteiger partial charge in [0.2, 0.25) is 0 Å². The van der Waals surface area contributed by atoms with E-state index in [4.69, 9.17) is 9.97 Å². The molecular formula is C51H34N4S. The Morgan fingerprint density at radius 3 is 2.38 bits per heavy atom. The zero-order chi connectivity index (χ0) is 36.7. The number of allylic oxidation sites excluding steroid dienone is 4. The molecule has 3 aromatic heterocycles. The van der Waals surface area contributed by atoms with E-state index in [9.17, 15) is 0 Å². The standard InChI is InChI=1S/C51H34N4S/c1-3-14-32(15-4-1)42-30-46(55-43-22-12-10-20-39(43)47-35-18-8-7-13-31(35)24-28-44(47)55)54-51(53-42)34-23-25-36-37-26-27-40-48(50(37)56-45(36)29-34)38-19-9-11-21-41(38)52-49(40)33-16-5-2-6-17-33/h1-14,16-30,32,49,52H,15H2. The fourth-order valence-corrected chi connectivity index (χ4v) is 10.5. The van der Waals surface area contributed by atoms with E-state index < -0.39 is 0 Å². The van der Waals surface area contributed by atoms with Crippen LogP contribution in [0.5, 0.6) is 0 Å². The van der Waals surface area contributed by atoms with Crippen LogP contribution < -0.4 is 5.32 Å². The Kier molecular flexibility index (Phi) is 6.95. The lowest BCUT2D eigenvalue weighted by atomic mass is 9.85. The predicted molar refractivity (Wildman–Crippen MR) is 235 cm³/mol. The van der Waals surface area contributed by atoms with Crippen LogP contribution in [0.25, 0.3) is 81.1 Å². The van der Waals surface area contributed by atoms with Gasteiger partial charge in [-0.1, -0.05) is 146 Å². The quantitative estimate of drug-likeness (QED) is 0.196. The summed E-state index contributed by atoms with van der Waals surface area (Å²) in [6.07, 6.45) is 9.68. The molecule has 1 aliphatic heterocycles. The average molecular weight is 735 g/mol. The average Bonchev–Trinajstić information content (AvgIpc) is 3.82. The molecule has 5 heteroatoms. The van der Waals surface area contributed by atoms with Crippen LogP contribution in [0.15, 0.2) is 176 Å². The summed E-state index contributed by atoms with van der Waals surface area (Å²) in [6.45, 7) is 0. The van der Waals surface area contributed by atoms with Crippen LogP contribution in [-0.2, 0) is 0 Å². The van der Waals surface area contributed by atoms with E-state index in [2.05, 4.69) is 186 Å². The highest BCUT2D eigenvalue weighted by Crippen LogP contribution is 2.50. The van der Waals surface area contributed by atoms with E-state index in [1.807, 2.05) is 11.3 Å². The highest BCUT2D eigenvalue weighted by molar-refractivity contribution is 7.26. The van der Waals surface area contributed by atoms with E-state index in [1.165, 1.54) is 69.7 Å². The Balaban J connectivity index is 1.07. The third kappa shape index (κ3) is 4.77. The maximum atomic E-state index is 5.43. The molecule has 0 spiro atoms. The second-order valence-electron chi connectivity index (χ2n) is 14.9. The van der Waals surface area contributed by atoms with Crippen molar-refractivity contribution in [3.05, 3.63) is 193 Å². The summed E-state index contributed by atoms with van der Waals surface area (Å²) in [6, 6.07) is 55.1. The lowest BCUT2D eigenvalue weighted by Crippen LogP contribution is -2.18. The Morgan fingerprint density at radius 1 is 0.643 bits per heavy atom. The SMILES string of the molecule is C1=CCC(c2cc(-n3c4ccccc4c4c5ccccc5ccc43)nc(-c3ccc4c(c3)sc3c5c(ccc34)C(c3ccccc3)Nc3ccccc3-5)n2)C=C1. The van der Waals surface area contributed by atoms with Crippen LogP contribution in [0, 0.1) is 0 Å². The topological polar surface area (TPSA) is 42.7 Å². The summed E-state index contributed by atoms with van der Waals surface area (Å²) < 4.78 is 4.89. The van der Waals surface area contributed by atoms with Gasteiger partial charge in [0.1, 0.15) is 5.82 Å². The second kappa shape index (κ2) is 12.4. The van der Waals surface area contributed by atoms with E-state index in [0.29, 0.717) is 0 Å². The molecule has 1 N–H and O–H groups in total. The van der Waals surface area contributed by atoms with Crippen LogP contribution in [0.4, 0.5) is 5.69 Å². The molecule has 56 heavy (non-hydrogen) atoms. The molecular weight excluding hydrogens is 701 g/mol. The molecule has 0 amide bonds. The summed E-state index contributed by atoms with van der Waals surface area (Å²) in [5, 5.41) is 11.4. The number of hydrogen-bond donors (Lipinski definition) is 1. The van der Waals surface area contributed by atoms with Gasteiger partial charge in [0.15, 0.2) is 5.82 Å². The first-order chi connectivity index (χ1) is 27.8. The van der Waals surface area contributed by atoms with Crippen LogP contribution in [0.2, 0.25) is 0 Å². The van der Waals surface area contributed by atoms with Gasteiger partial charge in [-0.15, -0.1) is 11.3 Å².